The van der Waals surface area contributed by atoms with Gasteiger partial charge in [0.25, 0.3) is 11.6 Å². The number of hydrogen-bond donors (Lipinski definition) is 2. The summed E-state index contributed by atoms with van der Waals surface area (Å²) in [4.78, 5) is 34.2. The molecule has 0 spiro atoms. The molecule has 0 saturated carbocycles. The van der Waals surface area contributed by atoms with Gasteiger partial charge in [0.05, 0.1) is 17.1 Å². The largest absolute Gasteiger partial charge is 0.449 e. The van der Waals surface area contributed by atoms with E-state index in [9.17, 15) is 19.7 Å². The van der Waals surface area contributed by atoms with Gasteiger partial charge in [-0.25, -0.2) is 4.79 Å². The van der Waals surface area contributed by atoms with E-state index >= 15 is 0 Å². The molecular weight excluding hydrogens is 328 g/mol. The molecule has 1 atom stereocenters. The molecule has 0 saturated heterocycles. The third kappa shape index (κ3) is 4.85. The Balaban J connectivity index is 1.98. The van der Waals surface area contributed by atoms with Crippen LogP contribution in [0.25, 0.3) is 0 Å². The molecule has 0 aliphatic carbocycles. The van der Waals surface area contributed by atoms with Crippen molar-refractivity contribution in [3.63, 3.8) is 0 Å². The van der Waals surface area contributed by atoms with Gasteiger partial charge in [-0.3, -0.25) is 14.9 Å². The maximum Gasteiger partial charge on any atom is 0.338 e. The molecule has 8 heteroatoms. The van der Waals surface area contributed by atoms with E-state index in [-0.39, 0.29) is 23.5 Å². The molecule has 130 valence electrons. The standard InChI is InChI=1S/C17H16N2O6/c1-11(25-17(22)13-7-5-12(10-20)6-8-13)16(21)18-14-3-2-4-15(9-14)19(23)24/h2-9,11,20H,10H2,1H3,(H,18,21)/t11-/m0/s1. The summed E-state index contributed by atoms with van der Waals surface area (Å²) in [5.41, 5.74) is 0.959. The zero-order chi connectivity index (χ0) is 18.4. The number of ether oxygens (including phenoxy) is 1. The Morgan fingerprint density at radius 3 is 2.52 bits per heavy atom. The third-order valence-electron chi connectivity index (χ3n) is 3.35. The van der Waals surface area contributed by atoms with Gasteiger partial charge in [0.2, 0.25) is 0 Å². The number of aliphatic hydroxyl groups excluding tert-OH is 1. The number of rotatable bonds is 6. The number of hydrogen-bond acceptors (Lipinski definition) is 6. The molecule has 0 heterocycles. The van der Waals surface area contributed by atoms with Gasteiger partial charge in [-0.15, -0.1) is 0 Å². The number of nitrogens with zero attached hydrogens (tertiary/aromatic N) is 1. The molecule has 2 aromatic carbocycles. The highest BCUT2D eigenvalue weighted by atomic mass is 16.6. The van der Waals surface area contributed by atoms with E-state index in [2.05, 4.69) is 5.32 Å². The molecule has 2 aromatic rings. The number of nitro benzene ring substituents is 1. The fourth-order valence-corrected chi connectivity index (χ4v) is 1.97. The number of esters is 1. The highest BCUT2D eigenvalue weighted by Gasteiger charge is 2.19. The average molecular weight is 344 g/mol. The van der Waals surface area contributed by atoms with Crippen molar-refractivity contribution >= 4 is 23.3 Å². The maximum absolute atomic E-state index is 12.1. The fraction of sp³-hybridized carbons (Fsp3) is 0.176. The normalized spacial score (nSPS) is 11.4. The van der Waals surface area contributed by atoms with Gasteiger partial charge in [0, 0.05) is 17.8 Å². The Kier molecular flexibility index (Phi) is 5.80. The highest BCUT2D eigenvalue weighted by molar-refractivity contribution is 5.97. The minimum Gasteiger partial charge on any atom is -0.449 e. The van der Waals surface area contributed by atoms with E-state index < -0.39 is 22.9 Å². The van der Waals surface area contributed by atoms with Crippen LogP contribution in [0.3, 0.4) is 0 Å². The van der Waals surface area contributed by atoms with Gasteiger partial charge in [0.15, 0.2) is 6.10 Å². The van der Waals surface area contributed by atoms with Gasteiger partial charge < -0.3 is 15.2 Å². The van der Waals surface area contributed by atoms with Crippen LogP contribution in [-0.2, 0) is 16.1 Å². The first-order valence-electron chi connectivity index (χ1n) is 7.37. The Morgan fingerprint density at radius 2 is 1.92 bits per heavy atom. The number of amides is 1. The van der Waals surface area contributed by atoms with Crippen LogP contribution < -0.4 is 5.32 Å². The molecule has 0 aliphatic rings. The van der Waals surface area contributed by atoms with E-state index in [0.717, 1.165) is 0 Å². The highest BCUT2D eigenvalue weighted by Crippen LogP contribution is 2.17. The molecule has 0 aromatic heterocycles. The van der Waals surface area contributed by atoms with Crippen molar-refractivity contribution in [2.24, 2.45) is 0 Å². The van der Waals surface area contributed by atoms with Crippen LogP contribution in [0, 0.1) is 10.1 Å². The summed E-state index contributed by atoms with van der Waals surface area (Å²) in [6.07, 6.45) is -1.09. The van der Waals surface area contributed by atoms with Crippen LogP contribution in [0.1, 0.15) is 22.8 Å². The lowest BCUT2D eigenvalue weighted by Crippen LogP contribution is -2.30. The molecular formula is C17H16N2O6. The Hall–Kier alpha value is -3.26. The quantitative estimate of drug-likeness (QED) is 0.471. The topological polar surface area (TPSA) is 119 Å². The second kappa shape index (κ2) is 8.02. The molecule has 8 nitrogen and oxygen atoms in total. The first-order chi connectivity index (χ1) is 11.9. The van der Waals surface area contributed by atoms with Crippen molar-refractivity contribution in [3.05, 3.63) is 69.8 Å². The summed E-state index contributed by atoms with van der Waals surface area (Å²) in [7, 11) is 0. The fourth-order valence-electron chi connectivity index (χ4n) is 1.97. The Bertz CT molecular complexity index is 788. The minimum absolute atomic E-state index is 0.142. The lowest BCUT2D eigenvalue weighted by molar-refractivity contribution is -0.384. The first kappa shape index (κ1) is 18.1. The van der Waals surface area contributed by atoms with Crippen molar-refractivity contribution in [3.8, 4) is 0 Å². The summed E-state index contributed by atoms with van der Waals surface area (Å²) in [5, 5.41) is 22.2. The number of aliphatic hydroxyl groups is 1. The predicted molar refractivity (Wildman–Crippen MR) is 89.0 cm³/mol. The summed E-state index contributed by atoms with van der Waals surface area (Å²) < 4.78 is 5.07. The smallest absolute Gasteiger partial charge is 0.338 e. The monoisotopic (exact) mass is 344 g/mol. The molecule has 2 N–H and O–H groups in total. The average Bonchev–Trinajstić information content (AvgIpc) is 2.61. The van der Waals surface area contributed by atoms with E-state index in [4.69, 9.17) is 9.84 Å². The number of nitrogens with one attached hydrogen (secondary N) is 1. The van der Waals surface area contributed by atoms with E-state index in [1.165, 1.54) is 43.3 Å². The second-order valence-corrected chi connectivity index (χ2v) is 5.20. The molecule has 0 fully saturated rings. The van der Waals surface area contributed by atoms with Crippen LogP contribution in [0.15, 0.2) is 48.5 Å². The van der Waals surface area contributed by atoms with Crippen molar-refractivity contribution in [2.45, 2.75) is 19.6 Å². The molecule has 1 amide bonds. The summed E-state index contributed by atoms with van der Waals surface area (Å²) in [6, 6.07) is 11.6. The zero-order valence-electron chi connectivity index (χ0n) is 13.3. The lowest BCUT2D eigenvalue weighted by Gasteiger charge is -2.13. The van der Waals surface area contributed by atoms with Crippen LogP contribution in [0.4, 0.5) is 11.4 Å². The SMILES string of the molecule is C[C@H](OC(=O)c1ccc(CO)cc1)C(=O)Nc1cccc([N+](=O)[O-])c1. The number of benzene rings is 2. The summed E-state index contributed by atoms with van der Waals surface area (Å²) >= 11 is 0. The van der Waals surface area contributed by atoms with Crippen molar-refractivity contribution in [1.82, 2.24) is 0 Å². The third-order valence-corrected chi connectivity index (χ3v) is 3.35. The van der Waals surface area contributed by atoms with Crippen molar-refractivity contribution in [1.29, 1.82) is 0 Å². The second-order valence-electron chi connectivity index (χ2n) is 5.20. The zero-order valence-corrected chi connectivity index (χ0v) is 13.3. The van der Waals surface area contributed by atoms with E-state index in [1.54, 1.807) is 12.1 Å². The molecule has 2 rings (SSSR count). The maximum atomic E-state index is 12.1. The Labute approximate surface area is 143 Å². The lowest BCUT2D eigenvalue weighted by atomic mass is 10.1. The minimum atomic E-state index is -1.09. The van der Waals surface area contributed by atoms with E-state index in [0.29, 0.717) is 5.56 Å². The molecule has 0 aliphatic heterocycles. The van der Waals surface area contributed by atoms with Gasteiger partial charge in [-0.1, -0.05) is 18.2 Å². The number of anilines is 1. The van der Waals surface area contributed by atoms with Crippen molar-refractivity contribution < 1.29 is 24.4 Å². The van der Waals surface area contributed by atoms with Crippen LogP contribution in [0.2, 0.25) is 0 Å². The predicted octanol–water partition coefficient (Wildman–Crippen LogP) is 2.27. The van der Waals surface area contributed by atoms with Crippen molar-refractivity contribution in [2.75, 3.05) is 5.32 Å². The number of nitro groups is 1. The molecule has 0 unspecified atom stereocenters. The van der Waals surface area contributed by atoms with Crippen LogP contribution >= 0.6 is 0 Å². The molecule has 0 bridgehead atoms. The summed E-state index contributed by atoms with van der Waals surface area (Å²) in [6.45, 7) is 1.25. The van der Waals surface area contributed by atoms with Gasteiger partial charge in [0.1, 0.15) is 0 Å². The molecule has 0 radical (unpaired) electrons. The van der Waals surface area contributed by atoms with Gasteiger partial charge >= 0.3 is 5.97 Å². The van der Waals surface area contributed by atoms with Gasteiger partial charge in [-0.05, 0) is 30.7 Å². The first-order valence-corrected chi connectivity index (χ1v) is 7.37. The van der Waals surface area contributed by atoms with Crippen LogP contribution in [-0.4, -0.2) is 28.0 Å². The van der Waals surface area contributed by atoms with E-state index in [1.807, 2.05) is 0 Å². The number of carbonyl (C=O) groups is 2. The number of carbonyl (C=O) groups excluding carboxylic acids is 2. The Morgan fingerprint density at radius 1 is 1.24 bits per heavy atom. The molecule has 25 heavy (non-hydrogen) atoms. The number of non-ortho nitro benzene ring substituents is 1. The summed E-state index contributed by atoms with van der Waals surface area (Å²) in [5.74, 6) is -1.30. The van der Waals surface area contributed by atoms with Crippen LogP contribution in [0.5, 0.6) is 0 Å². The van der Waals surface area contributed by atoms with Gasteiger partial charge in [-0.2, -0.15) is 0 Å².